The van der Waals surface area contributed by atoms with E-state index in [-0.39, 0.29) is 0 Å². The average Bonchev–Trinajstić information content (AvgIpc) is 2.74. The number of anilines is 1. The summed E-state index contributed by atoms with van der Waals surface area (Å²) in [6.07, 6.45) is 0.709. The van der Waals surface area contributed by atoms with Gasteiger partial charge in [-0.25, -0.2) is 4.68 Å². The summed E-state index contributed by atoms with van der Waals surface area (Å²) in [5.41, 5.74) is 12.8. The molecule has 0 spiro atoms. The molecular weight excluding hydrogens is 272 g/mol. The zero-order valence-electron chi connectivity index (χ0n) is 12.2. The zero-order chi connectivity index (χ0) is 15.6. The van der Waals surface area contributed by atoms with Crippen LogP contribution in [0.2, 0.25) is 0 Å². The van der Waals surface area contributed by atoms with Crippen molar-refractivity contribution in [3.05, 3.63) is 29.5 Å². The number of nitrogens with two attached hydrogens (primary N) is 2. The maximum absolute atomic E-state index is 11.2. The lowest BCUT2D eigenvalue weighted by molar-refractivity contribution is 0.1000. The Labute approximate surface area is 122 Å². The number of primary amides is 1. The van der Waals surface area contributed by atoms with Crippen molar-refractivity contribution < 1.29 is 14.3 Å². The minimum atomic E-state index is -0.534. The largest absolute Gasteiger partial charge is 0.493 e. The maximum Gasteiger partial charge on any atom is 0.248 e. The Morgan fingerprint density at radius 2 is 2.10 bits per heavy atom. The minimum absolute atomic E-state index is 0.339. The molecule has 4 N–H and O–H groups in total. The lowest BCUT2D eigenvalue weighted by atomic mass is 10.2. The quantitative estimate of drug-likeness (QED) is 0.867. The molecule has 0 saturated carbocycles. The van der Waals surface area contributed by atoms with Crippen LogP contribution in [0.3, 0.4) is 0 Å². The summed E-state index contributed by atoms with van der Waals surface area (Å²) in [7, 11) is 3.23. The van der Waals surface area contributed by atoms with Gasteiger partial charge in [-0.2, -0.15) is 5.10 Å². The van der Waals surface area contributed by atoms with Gasteiger partial charge < -0.3 is 20.9 Å². The second-order valence-electron chi connectivity index (χ2n) is 4.47. The molecule has 2 aromatic rings. The highest BCUT2D eigenvalue weighted by molar-refractivity contribution is 5.93. The van der Waals surface area contributed by atoms with E-state index < -0.39 is 5.91 Å². The third-order valence-corrected chi connectivity index (χ3v) is 3.10. The van der Waals surface area contributed by atoms with Crippen molar-refractivity contribution in [1.82, 2.24) is 9.78 Å². The van der Waals surface area contributed by atoms with E-state index >= 15 is 0 Å². The molecule has 7 nitrogen and oxygen atoms in total. The van der Waals surface area contributed by atoms with Crippen LogP contribution >= 0.6 is 0 Å². The second kappa shape index (κ2) is 5.74. The SMILES string of the molecule is CCc1nn(C)c(Oc2ccc(C(N)=O)cc2OC)c1N. The van der Waals surface area contributed by atoms with Crippen LogP contribution in [0.25, 0.3) is 0 Å². The first-order chi connectivity index (χ1) is 9.97. The number of nitrogens with zero attached hydrogens (tertiary/aromatic N) is 2. The fourth-order valence-corrected chi connectivity index (χ4v) is 1.97. The highest BCUT2D eigenvalue weighted by Gasteiger charge is 2.17. The van der Waals surface area contributed by atoms with Gasteiger partial charge in [-0.1, -0.05) is 6.92 Å². The maximum atomic E-state index is 11.2. The van der Waals surface area contributed by atoms with Crippen molar-refractivity contribution in [3.63, 3.8) is 0 Å². The molecule has 0 fully saturated rings. The Balaban J connectivity index is 2.40. The highest BCUT2D eigenvalue weighted by Crippen LogP contribution is 2.35. The van der Waals surface area contributed by atoms with E-state index in [4.69, 9.17) is 20.9 Å². The van der Waals surface area contributed by atoms with Gasteiger partial charge in [-0.15, -0.1) is 0 Å². The molecule has 1 amide bonds. The number of ether oxygens (including phenoxy) is 2. The molecule has 0 unspecified atom stereocenters. The number of carbonyl (C=O) groups is 1. The van der Waals surface area contributed by atoms with E-state index in [1.54, 1.807) is 23.9 Å². The van der Waals surface area contributed by atoms with Crippen LogP contribution in [0.4, 0.5) is 5.69 Å². The van der Waals surface area contributed by atoms with Gasteiger partial charge in [0.15, 0.2) is 11.5 Å². The van der Waals surface area contributed by atoms with E-state index in [1.807, 2.05) is 6.92 Å². The molecule has 1 aromatic carbocycles. The van der Waals surface area contributed by atoms with Crippen LogP contribution in [-0.4, -0.2) is 22.8 Å². The summed E-state index contributed by atoms with van der Waals surface area (Å²) >= 11 is 0. The van der Waals surface area contributed by atoms with Gasteiger partial charge in [0.05, 0.1) is 12.8 Å². The van der Waals surface area contributed by atoms with Crippen molar-refractivity contribution in [3.8, 4) is 17.4 Å². The molecule has 0 saturated heterocycles. The highest BCUT2D eigenvalue weighted by atomic mass is 16.5. The molecule has 1 heterocycles. The second-order valence-corrected chi connectivity index (χ2v) is 4.47. The Hall–Kier alpha value is -2.70. The van der Waals surface area contributed by atoms with E-state index in [9.17, 15) is 4.79 Å². The fraction of sp³-hybridized carbons (Fsp3) is 0.286. The monoisotopic (exact) mass is 290 g/mol. The predicted octanol–water partition coefficient (Wildman–Crippen LogP) is 1.46. The fourth-order valence-electron chi connectivity index (χ4n) is 1.97. The van der Waals surface area contributed by atoms with Gasteiger partial charge in [-0.3, -0.25) is 4.79 Å². The number of rotatable bonds is 5. The van der Waals surface area contributed by atoms with Crippen LogP contribution in [0.15, 0.2) is 18.2 Å². The van der Waals surface area contributed by atoms with Gasteiger partial charge in [0.25, 0.3) is 0 Å². The lowest BCUT2D eigenvalue weighted by Gasteiger charge is -2.11. The number of hydrogen-bond acceptors (Lipinski definition) is 5. The normalized spacial score (nSPS) is 10.4. The number of methoxy groups -OCH3 is 1. The molecule has 1 aromatic heterocycles. The van der Waals surface area contributed by atoms with Crippen LogP contribution < -0.4 is 20.9 Å². The molecule has 112 valence electrons. The average molecular weight is 290 g/mol. The number of aryl methyl sites for hydroxylation is 2. The molecule has 0 radical (unpaired) electrons. The lowest BCUT2D eigenvalue weighted by Crippen LogP contribution is -2.11. The number of hydrogen-bond donors (Lipinski definition) is 2. The Kier molecular flexibility index (Phi) is 4.02. The Morgan fingerprint density at radius 1 is 1.38 bits per heavy atom. The zero-order valence-corrected chi connectivity index (χ0v) is 12.2. The molecule has 7 heteroatoms. The first kappa shape index (κ1) is 14.7. The van der Waals surface area contributed by atoms with Crippen molar-refractivity contribution in [2.45, 2.75) is 13.3 Å². The number of amides is 1. The van der Waals surface area contributed by atoms with E-state index in [2.05, 4.69) is 5.10 Å². The van der Waals surface area contributed by atoms with Gasteiger partial charge in [0.1, 0.15) is 5.69 Å². The van der Waals surface area contributed by atoms with Gasteiger partial charge in [0, 0.05) is 12.6 Å². The molecule has 0 aliphatic heterocycles. The first-order valence-electron chi connectivity index (χ1n) is 6.45. The van der Waals surface area contributed by atoms with Crippen molar-refractivity contribution in [1.29, 1.82) is 0 Å². The van der Waals surface area contributed by atoms with Crippen molar-refractivity contribution in [2.75, 3.05) is 12.8 Å². The summed E-state index contributed by atoms with van der Waals surface area (Å²) < 4.78 is 12.6. The van der Waals surface area contributed by atoms with E-state index in [0.29, 0.717) is 35.1 Å². The van der Waals surface area contributed by atoms with Crippen LogP contribution in [0.5, 0.6) is 17.4 Å². The minimum Gasteiger partial charge on any atom is -0.493 e. The predicted molar refractivity (Wildman–Crippen MR) is 78.6 cm³/mol. The third kappa shape index (κ3) is 2.76. The summed E-state index contributed by atoms with van der Waals surface area (Å²) in [5.74, 6) is 0.718. The standard InChI is InChI=1S/C14H18N4O3/c1-4-9-12(15)14(18(2)17-9)21-10-6-5-8(13(16)19)7-11(10)20-3/h5-7H,4,15H2,1-3H3,(H2,16,19). The topological polar surface area (TPSA) is 105 Å². The van der Waals surface area contributed by atoms with Gasteiger partial charge in [0.2, 0.25) is 11.8 Å². The van der Waals surface area contributed by atoms with E-state index in [0.717, 1.165) is 5.69 Å². The molecule has 0 atom stereocenters. The van der Waals surface area contributed by atoms with Crippen LogP contribution in [0.1, 0.15) is 23.0 Å². The molecule has 0 aliphatic carbocycles. The summed E-state index contributed by atoms with van der Waals surface area (Å²) in [4.78, 5) is 11.2. The summed E-state index contributed by atoms with van der Waals surface area (Å²) in [6, 6.07) is 4.69. The number of nitrogen functional groups attached to an aromatic ring is 1. The third-order valence-electron chi connectivity index (χ3n) is 3.10. The molecule has 0 bridgehead atoms. The van der Waals surface area contributed by atoms with Crippen LogP contribution in [-0.2, 0) is 13.5 Å². The Bertz CT molecular complexity index is 679. The number of aromatic nitrogens is 2. The molecule has 21 heavy (non-hydrogen) atoms. The number of carbonyl (C=O) groups excluding carboxylic acids is 1. The van der Waals surface area contributed by atoms with Gasteiger partial charge >= 0.3 is 0 Å². The molecule has 2 rings (SSSR count). The smallest absolute Gasteiger partial charge is 0.248 e. The van der Waals surface area contributed by atoms with E-state index in [1.165, 1.54) is 13.2 Å². The first-order valence-corrected chi connectivity index (χ1v) is 6.45. The molecule has 0 aliphatic rings. The summed E-state index contributed by atoms with van der Waals surface area (Å²) in [5, 5.41) is 4.28. The van der Waals surface area contributed by atoms with Crippen LogP contribution in [0, 0.1) is 0 Å². The van der Waals surface area contributed by atoms with Crippen molar-refractivity contribution in [2.24, 2.45) is 12.8 Å². The van der Waals surface area contributed by atoms with Crippen molar-refractivity contribution >= 4 is 11.6 Å². The Morgan fingerprint density at radius 3 is 2.62 bits per heavy atom. The number of benzene rings is 1. The summed E-state index contributed by atoms with van der Waals surface area (Å²) in [6.45, 7) is 1.96. The molecular formula is C14H18N4O3. The van der Waals surface area contributed by atoms with Gasteiger partial charge in [-0.05, 0) is 24.6 Å².